The van der Waals surface area contributed by atoms with Gasteiger partial charge in [-0.3, -0.25) is 10.1 Å². The Morgan fingerprint density at radius 3 is 2.42 bits per heavy atom. The average Bonchev–Trinajstić information content (AvgIpc) is 2.33. The van der Waals surface area contributed by atoms with Gasteiger partial charge in [0.25, 0.3) is 5.91 Å². The summed E-state index contributed by atoms with van der Waals surface area (Å²) in [6.45, 7) is 3.52. The molecule has 0 heterocycles. The summed E-state index contributed by atoms with van der Waals surface area (Å²) < 4.78 is 4.59. The molecule has 1 unspecified atom stereocenters. The maximum atomic E-state index is 11.4. The highest BCUT2D eigenvalue weighted by molar-refractivity contribution is 5.98. The van der Waals surface area contributed by atoms with Crippen molar-refractivity contribution in [1.29, 1.82) is 0 Å². The highest BCUT2D eigenvalue weighted by Gasteiger charge is 2.18. The van der Waals surface area contributed by atoms with Crippen LogP contribution in [0.4, 0.5) is 4.79 Å². The number of amides is 3. The molecule has 0 saturated heterocycles. The van der Waals surface area contributed by atoms with E-state index in [1.807, 2.05) is 12.2 Å². The Hall–Kier alpha value is -2.38. The highest BCUT2D eigenvalue weighted by atomic mass is 16.5. The fourth-order valence-electron chi connectivity index (χ4n) is 0.903. The normalized spacial score (nSPS) is 11.7. The van der Waals surface area contributed by atoms with Gasteiger partial charge in [0.1, 0.15) is 0 Å². The molecule has 0 aromatic rings. The first-order valence-electron chi connectivity index (χ1n) is 5.57. The average molecular weight is 272 g/mol. The van der Waals surface area contributed by atoms with Gasteiger partial charge in [-0.1, -0.05) is 6.92 Å². The molecule has 0 aliphatic carbocycles. The number of carboxylic acid groups (broad SMARTS) is 1. The topological polar surface area (TPSA) is 122 Å². The maximum Gasteiger partial charge on any atom is 0.331 e. The Morgan fingerprint density at radius 2 is 1.89 bits per heavy atom. The van der Waals surface area contributed by atoms with Crippen LogP contribution in [-0.4, -0.2) is 41.6 Å². The number of aliphatic carboxylic acids is 1. The first-order chi connectivity index (χ1) is 8.86. The number of esters is 1. The standard InChI is InChI=1S/C11H16N2O6/c1-3-6-12-11(18)13-10(17)7(2)19-9(16)5-4-8(14)15/h4-5,7H,3,6H2,1-2H3,(H,14,15)(H2,12,13,17,18)/b5-4+. The Balaban J connectivity index is 4.16. The minimum atomic E-state index is -1.31. The van der Waals surface area contributed by atoms with E-state index < -0.39 is 30.0 Å². The minimum Gasteiger partial charge on any atom is -0.478 e. The van der Waals surface area contributed by atoms with Crippen molar-refractivity contribution in [2.24, 2.45) is 0 Å². The van der Waals surface area contributed by atoms with Gasteiger partial charge in [0.05, 0.1) is 0 Å². The van der Waals surface area contributed by atoms with E-state index in [9.17, 15) is 19.2 Å². The van der Waals surface area contributed by atoms with Crippen molar-refractivity contribution >= 4 is 23.9 Å². The molecule has 1 atom stereocenters. The third-order valence-corrected chi connectivity index (χ3v) is 1.80. The fraction of sp³-hybridized carbons (Fsp3) is 0.455. The fourth-order valence-corrected chi connectivity index (χ4v) is 0.903. The monoisotopic (exact) mass is 272 g/mol. The third kappa shape index (κ3) is 8.36. The second-order valence-corrected chi connectivity index (χ2v) is 3.50. The zero-order valence-corrected chi connectivity index (χ0v) is 10.6. The van der Waals surface area contributed by atoms with Crippen molar-refractivity contribution in [2.45, 2.75) is 26.4 Å². The molecule has 0 bridgehead atoms. The summed E-state index contributed by atoms with van der Waals surface area (Å²) in [6.07, 6.45) is 0.759. The van der Waals surface area contributed by atoms with Crippen molar-refractivity contribution in [1.82, 2.24) is 10.6 Å². The summed E-state index contributed by atoms with van der Waals surface area (Å²) in [5.74, 6) is -3.10. The molecular weight excluding hydrogens is 256 g/mol. The zero-order valence-electron chi connectivity index (χ0n) is 10.6. The van der Waals surface area contributed by atoms with Gasteiger partial charge in [-0.15, -0.1) is 0 Å². The molecule has 19 heavy (non-hydrogen) atoms. The largest absolute Gasteiger partial charge is 0.478 e. The van der Waals surface area contributed by atoms with Gasteiger partial charge in [0.2, 0.25) is 0 Å². The molecule has 0 spiro atoms. The van der Waals surface area contributed by atoms with Crippen LogP contribution in [0.15, 0.2) is 12.2 Å². The number of hydrogen-bond acceptors (Lipinski definition) is 5. The molecule has 0 rings (SSSR count). The molecule has 0 saturated carbocycles. The maximum absolute atomic E-state index is 11.4. The van der Waals surface area contributed by atoms with Gasteiger partial charge < -0.3 is 15.2 Å². The molecule has 0 radical (unpaired) electrons. The second-order valence-electron chi connectivity index (χ2n) is 3.50. The van der Waals surface area contributed by atoms with Crippen LogP contribution in [0.1, 0.15) is 20.3 Å². The van der Waals surface area contributed by atoms with E-state index in [1.54, 1.807) is 0 Å². The van der Waals surface area contributed by atoms with E-state index in [1.165, 1.54) is 6.92 Å². The van der Waals surface area contributed by atoms with Gasteiger partial charge in [0.15, 0.2) is 6.10 Å². The lowest BCUT2D eigenvalue weighted by molar-refractivity contribution is -0.149. The van der Waals surface area contributed by atoms with E-state index in [-0.39, 0.29) is 0 Å². The number of rotatable bonds is 6. The lowest BCUT2D eigenvalue weighted by atomic mass is 10.3. The van der Waals surface area contributed by atoms with Crippen LogP contribution in [0.5, 0.6) is 0 Å². The van der Waals surface area contributed by atoms with Crippen LogP contribution in [0.2, 0.25) is 0 Å². The summed E-state index contributed by atoms with van der Waals surface area (Å²) in [5.41, 5.74) is 0. The SMILES string of the molecule is CCCNC(=O)NC(=O)C(C)OC(=O)/C=C/C(=O)O. The van der Waals surface area contributed by atoms with E-state index in [0.29, 0.717) is 25.1 Å². The summed E-state index contributed by atoms with van der Waals surface area (Å²) >= 11 is 0. The van der Waals surface area contributed by atoms with Gasteiger partial charge in [0, 0.05) is 18.7 Å². The van der Waals surface area contributed by atoms with Crippen LogP contribution < -0.4 is 10.6 Å². The number of carboxylic acids is 1. The summed E-state index contributed by atoms with van der Waals surface area (Å²) in [7, 11) is 0. The molecule has 106 valence electrons. The number of urea groups is 1. The summed E-state index contributed by atoms with van der Waals surface area (Å²) in [6, 6.07) is -0.684. The van der Waals surface area contributed by atoms with Crippen molar-refractivity contribution in [3.63, 3.8) is 0 Å². The van der Waals surface area contributed by atoms with Crippen molar-refractivity contribution in [2.75, 3.05) is 6.54 Å². The van der Waals surface area contributed by atoms with E-state index in [2.05, 4.69) is 10.1 Å². The Morgan fingerprint density at radius 1 is 1.26 bits per heavy atom. The number of hydrogen-bond donors (Lipinski definition) is 3. The summed E-state index contributed by atoms with van der Waals surface area (Å²) in [4.78, 5) is 43.8. The summed E-state index contributed by atoms with van der Waals surface area (Å²) in [5, 5.41) is 12.7. The molecule has 0 aromatic carbocycles. The Bertz CT molecular complexity index is 391. The lowest BCUT2D eigenvalue weighted by Gasteiger charge is -2.11. The Kier molecular flexibility index (Phi) is 7.59. The smallest absolute Gasteiger partial charge is 0.331 e. The first-order valence-corrected chi connectivity index (χ1v) is 5.57. The molecule has 0 aliphatic heterocycles. The third-order valence-electron chi connectivity index (χ3n) is 1.80. The van der Waals surface area contributed by atoms with Gasteiger partial charge in [-0.05, 0) is 13.3 Å². The van der Waals surface area contributed by atoms with Crippen LogP contribution in [0.25, 0.3) is 0 Å². The van der Waals surface area contributed by atoms with Gasteiger partial charge >= 0.3 is 18.0 Å². The number of ether oxygens (including phenoxy) is 1. The predicted octanol–water partition coefficient (Wildman–Crippen LogP) is -0.205. The van der Waals surface area contributed by atoms with Crippen molar-refractivity contribution < 1.29 is 29.0 Å². The zero-order chi connectivity index (χ0) is 14.8. The molecule has 3 amide bonds. The lowest BCUT2D eigenvalue weighted by Crippen LogP contribution is -2.44. The van der Waals surface area contributed by atoms with E-state index in [0.717, 1.165) is 0 Å². The van der Waals surface area contributed by atoms with Gasteiger partial charge in [-0.2, -0.15) is 0 Å². The van der Waals surface area contributed by atoms with Crippen molar-refractivity contribution in [3.8, 4) is 0 Å². The number of carbonyl (C=O) groups is 4. The quantitative estimate of drug-likeness (QED) is 0.454. The molecule has 0 aromatic heterocycles. The second kappa shape index (κ2) is 8.67. The highest BCUT2D eigenvalue weighted by Crippen LogP contribution is 1.93. The molecule has 0 aliphatic rings. The molecule has 8 heteroatoms. The van der Waals surface area contributed by atoms with Crippen LogP contribution in [-0.2, 0) is 19.1 Å². The molecule has 0 fully saturated rings. The number of imide groups is 1. The van der Waals surface area contributed by atoms with Crippen molar-refractivity contribution in [3.05, 3.63) is 12.2 Å². The minimum absolute atomic E-state index is 0.411. The van der Waals surface area contributed by atoms with Crippen LogP contribution in [0.3, 0.4) is 0 Å². The van der Waals surface area contributed by atoms with Crippen LogP contribution >= 0.6 is 0 Å². The Labute approximate surface area is 109 Å². The molecule has 3 N–H and O–H groups in total. The molecular formula is C11H16N2O6. The van der Waals surface area contributed by atoms with E-state index in [4.69, 9.17) is 5.11 Å². The first kappa shape index (κ1) is 16.6. The van der Waals surface area contributed by atoms with E-state index >= 15 is 0 Å². The van der Waals surface area contributed by atoms with Crippen LogP contribution in [0, 0.1) is 0 Å². The predicted molar refractivity (Wildman–Crippen MR) is 64.2 cm³/mol. The number of carbonyl (C=O) groups excluding carboxylic acids is 3. The number of nitrogens with one attached hydrogen (secondary N) is 2. The van der Waals surface area contributed by atoms with Gasteiger partial charge in [-0.25, -0.2) is 14.4 Å². The molecule has 8 nitrogen and oxygen atoms in total.